The zero-order valence-electron chi connectivity index (χ0n) is 10.2. The number of nitrogens with two attached hydrogens (primary N) is 1. The molecular weight excluding hydrogens is 281 g/mol. The van der Waals surface area contributed by atoms with Gasteiger partial charge in [-0.25, -0.2) is 4.98 Å². The average Bonchev–Trinajstić information content (AvgIpc) is 2.69. The third kappa shape index (κ3) is 2.05. The van der Waals surface area contributed by atoms with Crippen LogP contribution in [0.1, 0.15) is 5.56 Å². The van der Waals surface area contributed by atoms with Crippen LogP contribution in [0.2, 0.25) is 10.0 Å². The van der Waals surface area contributed by atoms with Gasteiger partial charge >= 0.3 is 0 Å². The van der Waals surface area contributed by atoms with E-state index < -0.39 is 0 Å². The van der Waals surface area contributed by atoms with Gasteiger partial charge in [-0.3, -0.25) is 4.40 Å². The van der Waals surface area contributed by atoms with Crippen molar-refractivity contribution < 1.29 is 0 Å². The van der Waals surface area contributed by atoms with E-state index in [9.17, 15) is 0 Å². The van der Waals surface area contributed by atoms with E-state index in [1.165, 1.54) is 0 Å². The molecule has 0 unspecified atom stereocenters. The Morgan fingerprint density at radius 2 is 1.95 bits per heavy atom. The first kappa shape index (κ1) is 12.3. The minimum atomic E-state index is 0.555. The van der Waals surface area contributed by atoms with Crippen LogP contribution >= 0.6 is 23.2 Å². The van der Waals surface area contributed by atoms with Crippen molar-refractivity contribution >= 4 is 34.7 Å². The molecule has 0 atom stereocenters. The van der Waals surface area contributed by atoms with Crippen LogP contribution < -0.4 is 5.73 Å². The maximum Gasteiger partial charge on any atom is 0.139 e. The Morgan fingerprint density at radius 1 is 1.16 bits per heavy atom. The summed E-state index contributed by atoms with van der Waals surface area (Å²) in [6.07, 6.45) is 1.90. The fraction of sp³-hybridized carbons (Fsp3) is 0.0714. The number of aryl methyl sites for hydroxylation is 1. The van der Waals surface area contributed by atoms with Gasteiger partial charge in [-0.05, 0) is 42.8 Å². The van der Waals surface area contributed by atoms with E-state index >= 15 is 0 Å². The zero-order chi connectivity index (χ0) is 13.6. The molecule has 3 nitrogen and oxygen atoms in total. The van der Waals surface area contributed by atoms with Crippen molar-refractivity contribution in [2.45, 2.75) is 6.92 Å². The number of hydrogen-bond donors (Lipinski definition) is 1. The van der Waals surface area contributed by atoms with Crippen LogP contribution in [0.3, 0.4) is 0 Å². The number of halogens is 2. The predicted octanol–water partition coefficient (Wildman–Crippen LogP) is 4.20. The number of anilines is 1. The monoisotopic (exact) mass is 291 g/mol. The molecule has 19 heavy (non-hydrogen) atoms. The molecule has 3 rings (SSSR count). The molecule has 0 spiro atoms. The predicted molar refractivity (Wildman–Crippen MR) is 79.8 cm³/mol. The van der Waals surface area contributed by atoms with Crippen LogP contribution in [0.25, 0.3) is 16.9 Å². The first-order valence-corrected chi connectivity index (χ1v) is 6.51. The first-order chi connectivity index (χ1) is 9.06. The van der Waals surface area contributed by atoms with E-state index in [0.29, 0.717) is 21.6 Å². The summed E-state index contributed by atoms with van der Waals surface area (Å²) < 4.78 is 1.83. The lowest BCUT2D eigenvalue weighted by Crippen LogP contribution is -1.94. The molecular formula is C14H11Cl2N3. The third-order valence-corrected chi connectivity index (χ3v) is 3.57. The van der Waals surface area contributed by atoms with E-state index in [4.69, 9.17) is 28.9 Å². The van der Waals surface area contributed by atoms with Gasteiger partial charge in [0.05, 0.1) is 5.02 Å². The largest absolute Gasteiger partial charge is 0.383 e. The molecule has 0 amide bonds. The highest BCUT2D eigenvalue weighted by atomic mass is 35.5. The van der Waals surface area contributed by atoms with Crippen LogP contribution in [-0.2, 0) is 0 Å². The second kappa shape index (κ2) is 4.44. The van der Waals surface area contributed by atoms with Gasteiger partial charge in [0.25, 0.3) is 0 Å². The second-order valence-electron chi connectivity index (χ2n) is 4.40. The average molecular weight is 292 g/mol. The molecule has 2 N–H and O–H groups in total. The molecule has 0 aliphatic carbocycles. The van der Waals surface area contributed by atoms with Crippen molar-refractivity contribution in [3.05, 3.63) is 52.1 Å². The minimum Gasteiger partial charge on any atom is -0.383 e. The van der Waals surface area contributed by atoms with E-state index in [1.807, 2.05) is 29.7 Å². The summed E-state index contributed by atoms with van der Waals surface area (Å²) in [4.78, 5) is 4.54. The van der Waals surface area contributed by atoms with E-state index in [1.54, 1.807) is 18.2 Å². The molecule has 0 aliphatic heterocycles. The normalized spacial score (nSPS) is 11.1. The maximum absolute atomic E-state index is 6.20. The lowest BCUT2D eigenvalue weighted by molar-refractivity contribution is 1.18. The van der Waals surface area contributed by atoms with Crippen LogP contribution in [0.4, 0.5) is 5.82 Å². The number of hydrogen-bond acceptors (Lipinski definition) is 2. The molecule has 5 heteroatoms. The van der Waals surface area contributed by atoms with Gasteiger partial charge in [-0.2, -0.15) is 0 Å². The zero-order valence-corrected chi connectivity index (χ0v) is 11.7. The molecule has 2 aromatic heterocycles. The highest BCUT2D eigenvalue weighted by Crippen LogP contribution is 2.34. The Balaban J connectivity index is 2.30. The fourth-order valence-electron chi connectivity index (χ4n) is 2.04. The number of imidazole rings is 1. The highest BCUT2D eigenvalue weighted by molar-refractivity contribution is 6.35. The van der Waals surface area contributed by atoms with Crippen LogP contribution in [0.5, 0.6) is 0 Å². The summed E-state index contributed by atoms with van der Waals surface area (Å²) in [5, 5.41) is 1.18. The van der Waals surface area contributed by atoms with Gasteiger partial charge in [0.1, 0.15) is 17.2 Å². The van der Waals surface area contributed by atoms with Crippen LogP contribution in [0, 0.1) is 6.92 Å². The lowest BCUT2D eigenvalue weighted by Gasteiger charge is -2.03. The molecule has 1 aromatic carbocycles. The van der Waals surface area contributed by atoms with Gasteiger partial charge in [0.15, 0.2) is 0 Å². The number of pyridine rings is 1. The molecule has 3 aromatic rings. The Labute approximate surface area is 120 Å². The third-order valence-electron chi connectivity index (χ3n) is 3.00. The van der Waals surface area contributed by atoms with Crippen molar-refractivity contribution in [1.29, 1.82) is 0 Å². The number of nitrogen functional groups attached to an aromatic ring is 1. The smallest absolute Gasteiger partial charge is 0.139 e. The van der Waals surface area contributed by atoms with Crippen LogP contribution in [-0.4, -0.2) is 9.38 Å². The van der Waals surface area contributed by atoms with Gasteiger partial charge in [0.2, 0.25) is 0 Å². The second-order valence-corrected chi connectivity index (χ2v) is 5.25. The number of rotatable bonds is 1. The van der Waals surface area contributed by atoms with Gasteiger partial charge in [-0.15, -0.1) is 0 Å². The van der Waals surface area contributed by atoms with E-state index in [2.05, 4.69) is 4.98 Å². The highest BCUT2D eigenvalue weighted by Gasteiger charge is 2.14. The first-order valence-electron chi connectivity index (χ1n) is 5.76. The van der Waals surface area contributed by atoms with Crippen LogP contribution in [0.15, 0.2) is 36.5 Å². The number of fused-ring (bicyclic) bond motifs is 1. The van der Waals surface area contributed by atoms with Crippen molar-refractivity contribution in [1.82, 2.24) is 9.38 Å². The van der Waals surface area contributed by atoms with Crippen molar-refractivity contribution in [3.63, 3.8) is 0 Å². The summed E-state index contributed by atoms with van der Waals surface area (Å²) in [7, 11) is 0. The van der Waals surface area contributed by atoms with Crippen molar-refractivity contribution in [3.8, 4) is 11.3 Å². The number of aromatic nitrogens is 2. The minimum absolute atomic E-state index is 0.555. The Hall–Kier alpha value is -1.71. The SMILES string of the molecule is Cc1ccn2c(N)c(-c3cc(Cl)ccc3Cl)nc2c1. The molecule has 0 fully saturated rings. The van der Waals surface area contributed by atoms with E-state index in [-0.39, 0.29) is 0 Å². The molecule has 96 valence electrons. The standard InChI is InChI=1S/C14H11Cl2N3/c1-8-4-5-19-12(6-8)18-13(14(19)17)10-7-9(15)2-3-11(10)16/h2-7H,17H2,1H3. The van der Waals surface area contributed by atoms with Gasteiger partial charge < -0.3 is 5.73 Å². The molecule has 0 saturated heterocycles. The lowest BCUT2D eigenvalue weighted by atomic mass is 10.1. The summed E-state index contributed by atoms with van der Waals surface area (Å²) in [5.74, 6) is 0.555. The Morgan fingerprint density at radius 3 is 2.74 bits per heavy atom. The fourth-order valence-corrected chi connectivity index (χ4v) is 2.42. The molecule has 0 aliphatic rings. The molecule has 0 radical (unpaired) electrons. The molecule has 0 bridgehead atoms. The van der Waals surface area contributed by atoms with Crippen molar-refractivity contribution in [2.75, 3.05) is 5.73 Å². The quantitative estimate of drug-likeness (QED) is 0.730. The Bertz CT molecular complexity index is 778. The molecule has 0 saturated carbocycles. The topological polar surface area (TPSA) is 43.3 Å². The summed E-state index contributed by atoms with van der Waals surface area (Å²) >= 11 is 12.2. The summed E-state index contributed by atoms with van der Waals surface area (Å²) in [6.45, 7) is 2.01. The van der Waals surface area contributed by atoms with Gasteiger partial charge in [-0.1, -0.05) is 23.2 Å². The maximum atomic E-state index is 6.20. The summed E-state index contributed by atoms with van der Waals surface area (Å²) in [6, 6.07) is 9.21. The van der Waals surface area contributed by atoms with Gasteiger partial charge in [0, 0.05) is 16.8 Å². The number of nitrogens with zero attached hydrogens (tertiary/aromatic N) is 2. The number of benzene rings is 1. The Kier molecular flexibility index (Phi) is 2.88. The summed E-state index contributed by atoms with van der Waals surface area (Å²) in [5.41, 5.74) is 9.45. The van der Waals surface area contributed by atoms with E-state index in [0.717, 1.165) is 16.8 Å². The molecule has 2 heterocycles. The van der Waals surface area contributed by atoms with Crippen molar-refractivity contribution in [2.24, 2.45) is 0 Å².